The maximum Gasteiger partial charge on any atom is 0.584 e. The van der Waals surface area contributed by atoms with Crippen LogP contribution in [-0.4, -0.2) is 4.89 Å². The van der Waals surface area contributed by atoms with Crippen LogP contribution in [0.1, 0.15) is 12.5 Å². The van der Waals surface area contributed by atoms with Gasteiger partial charge in [0.15, 0.2) is 0 Å². The van der Waals surface area contributed by atoms with Crippen LogP contribution in [0.15, 0.2) is 73.0 Å². The predicted molar refractivity (Wildman–Crippen MR) is 103 cm³/mol. The SMILES string of the molecule is C=C1OP(=O)(O)Oc2ccc3ccccc3c2/C1=c1\cccc\c1=C\C. The van der Waals surface area contributed by atoms with Crippen LogP contribution in [0.25, 0.3) is 22.4 Å². The van der Waals surface area contributed by atoms with Gasteiger partial charge in [0.05, 0.1) is 0 Å². The van der Waals surface area contributed by atoms with Crippen LogP contribution < -0.4 is 15.0 Å². The largest absolute Gasteiger partial charge is 0.584 e. The summed E-state index contributed by atoms with van der Waals surface area (Å²) in [6.45, 7) is 5.86. The lowest BCUT2D eigenvalue weighted by atomic mass is 9.94. The maximum absolute atomic E-state index is 12.3. The van der Waals surface area contributed by atoms with Crippen LogP contribution >= 0.6 is 7.82 Å². The zero-order chi connectivity index (χ0) is 18.3. The normalized spacial score (nSPS) is 22.4. The molecule has 0 radical (unpaired) electrons. The van der Waals surface area contributed by atoms with Gasteiger partial charge in [-0.25, -0.2) is 4.57 Å². The number of hydrogen-bond acceptors (Lipinski definition) is 3. The summed E-state index contributed by atoms with van der Waals surface area (Å²) in [6.07, 6.45) is 1.98. The molecule has 5 heteroatoms. The van der Waals surface area contributed by atoms with Crippen LogP contribution in [0.3, 0.4) is 0 Å². The third kappa shape index (κ3) is 2.74. The third-order valence-electron chi connectivity index (χ3n) is 4.40. The van der Waals surface area contributed by atoms with E-state index in [1.165, 1.54) is 0 Å². The Kier molecular flexibility index (Phi) is 3.95. The molecule has 26 heavy (non-hydrogen) atoms. The van der Waals surface area contributed by atoms with Gasteiger partial charge in [-0.3, -0.25) is 4.89 Å². The molecule has 1 aliphatic rings. The van der Waals surface area contributed by atoms with E-state index in [-0.39, 0.29) is 5.76 Å². The molecule has 1 atom stereocenters. The van der Waals surface area contributed by atoms with Gasteiger partial charge in [-0.05, 0) is 34.2 Å². The van der Waals surface area contributed by atoms with Gasteiger partial charge in [-0.2, -0.15) is 0 Å². The van der Waals surface area contributed by atoms with Gasteiger partial charge in [0.1, 0.15) is 11.5 Å². The van der Waals surface area contributed by atoms with E-state index < -0.39 is 7.82 Å². The molecule has 3 aromatic carbocycles. The number of allylic oxidation sites excluding steroid dienone is 1. The van der Waals surface area contributed by atoms with Crippen molar-refractivity contribution in [2.24, 2.45) is 0 Å². The topological polar surface area (TPSA) is 55.8 Å². The van der Waals surface area contributed by atoms with Crippen LogP contribution in [0.2, 0.25) is 0 Å². The van der Waals surface area contributed by atoms with Gasteiger partial charge in [0.25, 0.3) is 0 Å². The summed E-state index contributed by atoms with van der Waals surface area (Å²) in [4.78, 5) is 10.1. The lowest BCUT2D eigenvalue weighted by Gasteiger charge is -2.12. The Morgan fingerprint density at radius 3 is 2.54 bits per heavy atom. The van der Waals surface area contributed by atoms with Crippen LogP contribution in [-0.2, 0) is 9.09 Å². The summed E-state index contributed by atoms with van der Waals surface area (Å²) in [5.74, 6) is 0.411. The Hall–Kier alpha value is -2.81. The van der Waals surface area contributed by atoms with Crippen molar-refractivity contribution in [1.82, 2.24) is 0 Å². The van der Waals surface area contributed by atoms with Crippen molar-refractivity contribution in [1.29, 1.82) is 0 Å². The van der Waals surface area contributed by atoms with Gasteiger partial charge in [-0.15, -0.1) is 0 Å². The molecule has 1 aliphatic heterocycles. The van der Waals surface area contributed by atoms with Crippen LogP contribution in [0.4, 0.5) is 0 Å². The maximum atomic E-state index is 12.3. The van der Waals surface area contributed by atoms with E-state index in [0.717, 1.165) is 21.2 Å². The molecule has 1 N–H and O–H groups in total. The fourth-order valence-corrected chi connectivity index (χ4v) is 4.12. The number of rotatable bonds is 0. The summed E-state index contributed by atoms with van der Waals surface area (Å²) in [5, 5.41) is 3.73. The second-order valence-electron chi connectivity index (χ2n) is 5.99. The lowest BCUT2D eigenvalue weighted by Crippen LogP contribution is -2.27. The van der Waals surface area contributed by atoms with Crippen molar-refractivity contribution < 1.29 is 18.5 Å². The zero-order valence-corrected chi connectivity index (χ0v) is 15.1. The molecular formula is C21H17O4P. The van der Waals surface area contributed by atoms with Gasteiger partial charge >= 0.3 is 7.82 Å². The second-order valence-corrected chi connectivity index (χ2v) is 7.29. The quantitative estimate of drug-likeness (QED) is 0.616. The minimum absolute atomic E-state index is 0.111. The first-order valence-corrected chi connectivity index (χ1v) is 9.69. The smallest absolute Gasteiger partial charge is 0.395 e. The molecule has 4 rings (SSSR count). The summed E-state index contributed by atoms with van der Waals surface area (Å²) >= 11 is 0. The van der Waals surface area contributed by atoms with E-state index in [1.807, 2.05) is 67.6 Å². The van der Waals surface area contributed by atoms with E-state index in [2.05, 4.69) is 6.58 Å². The van der Waals surface area contributed by atoms with E-state index in [4.69, 9.17) is 9.05 Å². The van der Waals surface area contributed by atoms with Gasteiger partial charge in [-0.1, -0.05) is 67.3 Å². The average molecular weight is 364 g/mol. The summed E-state index contributed by atoms with van der Waals surface area (Å²) in [6, 6.07) is 19.1. The van der Waals surface area contributed by atoms with Crippen molar-refractivity contribution in [3.63, 3.8) is 0 Å². The molecule has 0 aliphatic carbocycles. The first-order chi connectivity index (χ1) is 12.5. The number of hydrogen-bond donors (Lipinski definition) is 1. The minimum atomic E-state index is -4.31. The van der Waals surface area contributed by atoms with Crippen molar-refractivity contribution in [3.8, 4) is 5.75 Å². The van der Waals surface area contributed by atoms with Crippen molar-refractivity contribution in [3.05, 3.63) is 89.0 Å². The number of phosphoric acid groups is 1. The Balaban J connectivity index is 2.26. The van der Waals surface area contributed by atoms with Crippen molar-refractivity contribution in [2.75, 3.05) is 0 Å². The Bertz CT molecular complexity index is 1210. The van der Waals surface area contributed by atoms with Crippen LogP contribution in [0, 0.1) is 0 Å². The van der Waals surface area contributed by atoms with E-state index in [9.17, 15) is 9.46 Å². The van der Waals surface area contributed by atoms with Crippen molar-refractivity contribution in [2.45, 2.75) is 6.92 Å². The van der Waals surface area contributed by atoms with E-state index >= 15 is 0 Å². The molecule has 130 valence electrons. The highest BCUT2D eigenvalue weighted by molar-refractivity contribution is 7.48. The highest BCUT2D eigenvalue weighted by Gasteiger charge is 2.34. The fourth-order valence-electron chi connectivity index (χ4n) is 3.31. The zero-order valence-electron chi connectivity index (χ0n) is 14.2. The summed E-state index contributed by atoms with van der Waals surface area (Å²) < 4.78 is 22.9. The molecule has 0 saturated carbocycles. The minimum Gasteiger partial charge on any atom is -0.395 e. The molecule has 1 unspecified atom stereocenters. The monoisotopic (exact) mass is 364 g/mol. The fraction of sp³-hybridized carbons (Fsp3) is 0.0476. The molecule has 0 saturated heterocycles. The Morgan fingerprint density at radius 1 is 1.00 bits per heavy atom. The number of benzene rings is 3. The molecule has 0 fully saturated rings. The third-order valence-corrected chi connectivity index (χ3v) is 5.28. The first-order valence-electron chi connectivity index (χ1n) is 8.19. The van der Waals surface area contributed by atoms with Gasteiger partial charge in [0, 0.05) is 11.1 Å². The second kappa shape index (κ2) is 6.17. The number of fused-ring (bicyclic) bond motifs is 3. The molecule has 0 bridgehead atoms. The molecule has 1 heterocycles. The Morgan fingerprint density at radius 2 is 1.73 bits per heavy atom. The van der Waals surface area contributed by atoms with Gasteiger partial charge < -0.3 is 9.05 Å². The van der Waals surface area contributed by atoms with Crippen LogP contribution in [0.5, 0.6) is 5.75 Å². The first kappa shape index (κ1) is 16.6. The summed E-state index contributed by atoms with van der Waals surface area (Å²) in [5.41, 5.74) is 1.35. The summed E-state index contributed by atoms with van der Waals surface area (Å²) in [7, 11) is -4.31. The molecule has 0 aromatic heterocycles. The molecular weight excluding hydrogens is 347 g/mol. The predicted octanol–water partition coefficient (Wildman–Crippen LogP) is 3.86. The average Bonchev–Trinajstić information content (AvgIpc) is 2.73. The highest BCUT2D eigenvalue weighted by Crippen LogP contribution is 2.53. The van der Waals surface area contributed by atoms with Crippen molar-refractivity contribution >= 4 is 30.2 Å². The Labute approximate surface area is 150 Å². The molecule has 0 spiro atoms. The molecule has 4 nitrogen and oxygen atoms in total. The van der Waals surface area contributed by atoms with E-state index in [0.29, 0.717) is 16.9 Å². The van der Waals surface area contributed by atoms with E-state index in [1.54, 1.807) is 6.07 Å². The number of phosphoric ester groups is 1. The highest BCUT2D eigenvalue weighted by atomic mass is 31.2. The lowest BCUT2D eigenvalue weighted by molar-refractivity contribution is 0.261. The molecule has 0 amide bonds. The van der Waals surface area contributed by atoms with Gasteiger partial charge in [0.2, 0.25) is 0 Å². The standard InChI is InChI=1S/C21H17O4P/c1-3-15-8-4-6-10-17(15)20-14(2)24-26(22,23)25-19-13-12-16-9-5-7-11-18(16)21(19)20/h3-13H,2H2,1H3,(H,22,23)/b15-3-,20-17+. The molecule has 3 aromatic rings.